The molecule has 0 aliphatic carbocycles. The average Bonchev–Trinajstić information content (AvgIpc) is 2.77. The third-order valence-corrected chi connectivity index (χ3v) is 4.57. The Kier molecular flexibility index (Phi) is 6.25. The Labute approximate surface area is 134 Å². The molecule has 1 unspecified atom stereocenters. The van der Waals surface area contributed by atoms with E-state index in [1.54, 1.807) is 0 Å². The maximum absolute atomic E-state index is 12.6. The molecule has 1 aliphatic heterocycles. The van der Waals surface area contributed by atoms with Gasteiger partial charge in [0.2, 0.25) is 5.91 Å². The molecule has 2 rings (SSSR count). The van der Waals surface area contributed by atoms with Gasteiger partial charge in [-0.1, -0.05) is 32.8 Å². The van der Waals surface area contributed by atoms with Gasteiger partial charge in [0, 0.05) is 11.4 Å². The van der Waals surface area contributed by atoms with Crippen LogP contribution in [0.2, 0.25) is 0 Å². The van der Waals surface area contributed by atoms with Gasteiger partial charge in [0.25, 0.3) is 0 Å². The van der Waals surface area contributed by atoms with Crippen LogP contribution in [0.25, 0.3) is 0 Å². The monoisotopic (exact) mass is 303 g/mol. The van der Waals surface area contributed by atoms with Crippen LogP contribution in [0, 0.1) is 0 Å². The van der Waals surface area contributed by atoms with E-state index in [2.05, 4.69) is 24.1 Å². The highest BCUT2D eigenvalue weighted by atomic mass is 16.2. The molecule has 1 aromatic rings. The first-order valence-electron chi connectivity index (χ1n) is 8.59. The van der Waals surface area contributed by atoms with Gasteiger partial charge >= 0.3 is 0 Å². The molecule has 4 nitrogen and oxygen atoms in total. The zero-order chi connectivity index (χ0) is 15.9. The predicted octanol–water partition coefficient (Wildman–Crippen LogP) is 3.42. The van der Waals surface area contributed by atoms with E-state index in [0.717, 1.165) is 42.9 Å². The quantitative estimate of drug-likeness (QED) is 0.819. The van der Waals surface area contributed by atoms with E-state index in [1.165, 1.54) is 25.7 Å². The van der Waals surface area contributed by atoms with E-state index in [4.69, 9.17) is 5.73 Å². The Morgan fingerprint density at radius 1 is 1.23 bits per heavy atom. The molecule has 1 saturated heterocycles. The normalized spacial score (nSPS) is 17.7. The van der Waals surface area contributed by atoms with Crippen molar-refractivity contribution >= 4 is 17.3 Å². The molecule has 0 aromatic heterocycles. The number of nitrogens with zero attached hydrogens (tertiary/aromatic N) is 1. The van der Waals surface area contributed by atoms with Crippen molar-refractivity contribution in [2.24, 2.45) is 0 Å². The summed E-state index contributed by atoms with van der Waals surface area (Å²) in [6.07, 6.45) is 6.71. The highest BCUT2D eigenvalue weighted by molar-refractivity contribution is 5.95. The van der Waals surface area contributed by atoms with Gasteiger partial charge in [-0.3, -0.25) is 9.69 Å². The van der Waals surface area contributed by atoms with Crippen LogP contribution >= 0.6 is 0 Å². The first-order valence-corrected chi connectivity index (χ1v) is 8.59. The molecule has 1 atom stereocenters. The fourth-order valence-corrected chi connectivity index (χ4v) is 3.24. The van der Waals surface area contributed by atoms with Gasteiger partial charge < -0.3 is 11.1 Å². The number of aryl methyl sites for hydroxylation is 1. The molecule has 1 aliphatic rings. The highest BCUT2D eigenvalue weighted by Gasteiger charge is 2.24. The molecule has 22 heavy (non-hydrogen) atoms. The lowest BCUT2D eigenvalue weighted by molar-refractivity contribution is -0.121. The van der Waals surface area contributed by atoms with Crippen molar-refractivity contribution in [3.05, 3.63) is 23.8 Å². The lowest BCUT2D eigenvalue weighted by Crippen LogP contribution is -2.44. The Morgan fingerprint density at radius 3 is 2.45 bits per heavy atom. The van der Waals surface area contributed by atoms with E-state index in [0.29, 0.717) is 0 Å². The first kappa shape index (κ1) is 16.8. The fourth-order valence-electron chi connectivity index (χ4n) is 3.24. The summed E-state index contributed by atoms with van der Waals surface area (Å²) in [5.41, 5.74) is 8.69. The number of likely N-dealkylation sites (tertiary alicyclic amines) is 1. The number of nitrogens with two attached hydrogens (primary N) is 1. The van der Waals surface area contributed by atoms with Gasteiger partial charge in [-0.25, -0.2) is 0 Å². The molecule has 122 valence electrons. The van der Waals surface area contributed by atoms with Crippen LogP contribution in [0.15, 0.2) is 18.2 Å². The van der Waals surface area contributed by atoms with Crippen LogP contribution in [0.3, 0.4) is 0 Å². The van der Waals surface area contributed by atoms with E-state index in [1.807, 2.05) is 18.2 Å². The molecular formula is C18H29N3O. The number of hydrogen-bond donors (Lipinski definition) is 2. The van der Waals surface area contributed by atoms with Crippen molar-refractivity contribution < 1.29 is 4.79 Å². The topological polar surface area (TPSA) is 58.4 Å². The zero-order valence-corrected chi connectivity index (χ0v) is 13.9. The summed E-state index contributed by atoms with van der Waals surface area (Å²) in [4.78, 5) is 15.0. The second-order valence-corrected chi connectivity index (χ2v) is 6.13. The summed E-state index contributed by atoms with van der Waals surface area (Å²) in [5, 5.41) is 3.04. The summed E-state index contributed by atoms with van der Waals surface area (Å²) in [6, 6.07) is 5.77. The minimum absolute atomic E-state index is 0.0369. The maximum Gasteiger partial charge on any atom is 0.241 e. The minimum Gasteiger partial charge on any atom is -0.398 e. The fraction of sp³-hybridized carbons (Fsp3) is 0.611. The van der Waals surface area contributed by atoms with Crippen molar-refractivity contribution in [2.45, 2.75) is 58.4 Å². The van der Waals surface area contributed by atoms with Crippen LogP contribution in [0.1, 0.15) is 51.5 Å². The number of carbonyl (C=O) groups excluding carboxylic acids is 1. The molecule has 0 bridgehead atoms. The Bertz CT molecular complexity index is 493. The van der Waals surface area contributed by atoms with Gasteiger partial charge in [-0.2, -0.15) is 0 Å². The Balaban J connectivity index is 2.03. The second-order valence-electron chi connectivity index (χ2n) is 6.13. The molecular weight excluding hydrogens is 274 g/mol. The van der Waals surface area contributed by atoms with Crippen molar-refractivity contribution in [1.82, 2.24) is 4.90 Å². The number of anilines is 2. The Hall–Kier alpha value is -1.55. The largest absolute Gasteiger partial charge is 0.398 e. The highest BCUT2D eigenvalue weighted by Crippen LogP contribution is 2.20. The van der Waals surface area contributed by atoms with Gasteiger partial charge in [-0.05, 0) is 56.5 Å². The van der Waals surface area contributed by atoms with Crippen molar-refractivity contribution in [3.63, 3.8) is 0 Å². The predicted molar refractivity (Wildman–Crippen MR) is 93.0 cm³/mol. The van der Waals surface area contributed by atoms with Gasteiger partial charge in [0.05, 0.1) is 6.04 Å². The minimum atomic E-state index is -0.0369. The van der Waals surface area contributed by atoms with E-state index >= 15 is 0 Å². The summed E-state index contributed by atoms with van der Waals surface area (Å²) in [6.45, 7) is 6.23. The third-order valence-electron chi connectivity index (χ3n) is 4.57. The molecule has 0 spiro atoms. The molecule has 3 N–H and O–H groups in total. The molecule has 1 fully saturated rings. The second kappa shape index (κ2) is 8.18. The van der Waals surface area contributed by atoms with Crippen molar-refractivity contribution in [1.29, 1.82) is 0 Å². The molecule has 0 radical (unpaired) electrons. The molecule has 0 saturated carbocycles. The number of rotatable bonds is 5. The van der Waals surface area contributed by atoms with Gasteiger partial charge in [0.15, 0.2) is 0 Å². The number of benzene rings is 1. The van der Waals surface area contributed by atoms with E-state index in [-0.39, 0.29) is 11.9 Å². The van der Waals surface area contributed by atoms with Crippen LogP contribution < -0.4 is 11.1 Å². The number of nitrogens with one attached hydrogen (secondary N) is 1. The number of carbonyl (C=O) groups is 1. The van der Waals surface area contributed by atoms with Crippen LogP contribution in [0.4, 0.5) is 11.4 Å². The van der Waals surface area contributed by atoms with Gasteiger partial charge in [-0.15, -0.1) is 0 Å². The lowest BCUT2D eigenvalue weighted by atomic mass is 10.1. The summed E-state index contributed by atoms with van der Waals surface area (Å²) in [5.74, 6) is 0.0908. The summed E-state index contributed by atoms with van der Waals surface area (Å²) in [7, 11) is 0. The lowest BCUT2D eigenvalue weighted by Gasteiger charge is -2.28. The standard InChI is InChI=1S/C18H29N3O/c1-3-14-9-10-15(13-16(14)19)20-18(22)17(4-2)21-11-7-5-6-8-12-21/h9-10,13,17H,3-8,11-12,19H2,1-2H3,(H,20,22). The van der Waals surface area contributed by atoms with Crippen molar-refractivity contribution in [3.8, 4) is 0 Å². The molecule has 1 aromatic carbocycles. The van der Waals surface area contributed by atoms with Crippen molar-refractivity contribution in [2.75, 3.05) is 24.1 Å². The molecule has 1 amide bonds. The van der Waals surface area contributed by atoms with Crippen LogP contribution in [-0.2, 0) is 11.2 Å². The van der Waals surface area contributed by atoms with Gasteiger partial charge in [0.1, 0.15) is 0 Å². The number of hydrogen-bond acceptors (Lipinski definition) is 3. The number of nitrogen functional groups attached to an aromatic ring is 1. The Morgan fingerprint density at radius 2 is 1.91 bits per heavy atom. The van der Waals surface area contributed by atoms with Crippen LogP contribution in [-0.4, -0.2) is 29.9 Å². The molecule has 1 heterocycles. The van der Waals surface area contributed by atoms with Crippen LogP contribution in [0.5, 0.6) is 0 Å². The average molecular weight is 303 g/mol. The van der Waals surface area contributed by atoms with E-state index in [9.17, 15) is 4.79 Å². The third kappa shape index (κ3) is 4.23. The molecule has 4 heteroatoms. The zero-order valence-electron chi connectivity index (χ0n) is 13.9. The SMILES string of the molecule is CCc1ccc(NC(=O)C(CC)N2CCCCCC2)cc1N. The smallest absolute Gasteiger partial charge is 0.241 e. The van der Waals surface area contributed by atoms with E-state index < -0.39 is 0 Å². The maximum atomic E-state index is 12.6. The first-order chi connectivity index (χ1) is 10.7. The summed E-state index contributed by atoms with van der Waals surface area (Å²) >= 11 is 0. The number of amides is 1. The summed E-state index contributed by atoms with van der Waals surface area (Å²) < 4.78 is 0.